The summed E-state index contributed by atoms with van der Waals surface area (Å²) >= 11 is 0. The molecule has 21 heavy (non-hydrogen) atoms. The molecule has 0 unspecified atom stereocenters. The molecule has 0 radical (unpaired) electrons. The fourth-order valence-electron chi connectivity index (χ4n) is 2.50. The highest BCUT2D eigenvalue weighted by atomic mass is 32.2. The summed E-state index contributed by atoms with van der Waals surface area (Å²) < 4.78 is 27.2. The maximum atomic E-state index is 12.3. The van der Waals surface area contributed by atoms with Gasteiger partial charge in [0.25, 0.3) is 0 Å². The molecule has 3 N–H and O–H groups in total. The van der Waals surface area contributed by atoms with Crippen LogP contribution in [0.4, 0.5) is 5.69 Å². The van der Waals surface area contributed by atoms with Crippen LogP contribution in [0.2, 0.25) is 0 Å². The standard InChI is InChI=1S/C15H25N3O2S/c1-2-9-18-21(19,20)15-6-4-3-5-14(15)17-12-13-7-10-16-11-8-13/h3-6,13,16-18H,2,7-12H2,1H3. The Morgan fingerprint density at radius 3 is 2.67 bits per heavy atom. The summed E-state index contributed by atoms with van der Waals surface area (Å²) in [6, 6.07) is 7.12. The Labute approximate surface area is 127 Å². The van der Waals surface area contributed by atoms with Gasteiger partial charge in [-0.15, -0.1) is 0 Å². The minimum absolute atomic E-state index is 0.340. The van der Waals surface area contributed by atoms with Gasteiger partial charge in [-0.3, -0.25) is 0 Å². The topological polar surface area (TPSA) is 70.2 Å². The Morgan fingerprint density at radius 2 is 1.95 bits per heavy atom. The molecule has 0 atom stereocenters. The molecule has 1 heterocycles. The van der Waals surface area contributed by atoms with Crippen LogP contribution in [0, 0.1) is 5.92 Å². The first-order chi connectivity index (χ1) is 10.1. The Hall–Kier alpha value is -1.11. The van der Waals surface area contributed by atoms with Gasteiger partial charge in [-0.25, -0.2) is 13.1 Å². The van der Waals surface area contributed by atoms with Crippen molar-refractivity contribution in [2.24, 2.45) is 5.92 Å². The second-order valence-corrected chi connectivity index (χ2v) is 7.20. The maximum Gasteiger partial charge on any atom is 0.242 e. The van der Waals surface area contributed by atoms with Crippen LogP contribution in [0.5, 0.6) is 0 Å². The molecule has 1 aliphatic heterocycles. The van der Waals surface area contributed by atoms with Crippen molar-refractivity contribution < 1.29 is 8.42 Å². The van der Waals surface area contributed by atoms with E-state index in [9.17, 15) is 8.42 Å². The summed E-state index contributed by atoms with van der Waals surface area (Å²) in [5.74, 6) is 0.602. The number of para-hydroxylation sites is 1. The quantitative estimate of drug-likeness (QED) is 0.718. The van der Waals surface area contributed by atoms with Crippen molar-refractivity contribution in [1.29, 1.82) is 0 Å². The Balaban J connectivity index is 2.05. The SMILES string of the molecule is CCCNS(=O)(=O)c1ccccc1NCC1CCNCC1. The molecule has 1 aliphatic rings. The van der Waals surface area contributed by atoms with Gasteiger partial charge in [-0.2, -0.15) is 0 Å². The van der Waals surface area contributed by atoms with E-state index in [0.29, 0.717) is 23.0 Å². The van der Waals surface area contributed by atoms with E-state index in [1.165, 1.54) is 0 Å². The van der Waals surface area contributed by atoms with Crippen LogP contribution in [0.3, 0.4) is 0 Å². The molecule has 5 nitrogen and oxygen atoms in total. The van der Waals surface area contributed by atoms with Gasteiger partial charge in [0.15, 0.2) is 0 Å². The summed E-state index contributed by atoms with van der Waals surface area (Å²) in [5, 5.41) is 6.66. The average molecular weight is 311 g/mol. The van der Waals surface area contributed by atoms with Crippen LogP contribution in [-0.2, 0) is 10.0 Å². The van der Waals surface area contributed by atoms with Crippen LogP contribution in [0.15, 0.2) is 29.2 Å². The van der Waals surface area contributed by atoms with Gasteiger partial charge in [0.1, 0.15) is 4.90 Å². The molecule has 0 spiro atoms. The van der Waals surface area contributed by atoms with E-state index < -0.39 is 10.0 Å². The molecule has 1 aromatic rings. The van der Waals surface area contributed by atoms with Crippen molar-refractivity contribution in [3.05, 3.63) is 24.3 Å². The summed E-state index contributed by atoms with van der Waals surface area (Å²) in [4.78, 5) is 0.340. The van der Waals surface area contributed by atoms with E-state index in [1.807, 2.05) is 19.1 Å². The summed E-state index contributed by atoms with van der Waals surface area (Å²) in [6.45, 7) is 5.32. The molecule has 1 aromatic carbocycles. The fraction of sp³-hybridized carbons (Fsp3) is 0.600. The molecule has 1 saturated heterocycles. The van der Waals surface area contributed by atoms with Crippen molar-refractivity contribution in [1.82, 2.24) is 10.0 Å². The lowest BCUT2D eigenvalue weighted by atomic mass is 9.98. The third-order valence-electron chi connectivity index (χ3n) is 3.76. The predicted octanol–water partition coefficient (Wildman–Crippen LogP) is 1.79. The number of piperidine rings is 1. The van der Waals surface area contributed by atoms with Crippen LogP contribution in [0.25, 0.3) is 0 Å². The summed E-state index contributed by atoms with van der Waals surface area (Å²) in [5.41, 5.74) is 0.694. The van der Waals surface area contributed by atoms with Gasteiger partial charge in [0, 0.05) is 13.1 Å². The molecule has 0 amide bonds. The zero-order chi connectivity index (χ0) is 15.1. The van der Waals surface area contributed by atoms with Crippen molar-refractivity contribution in [3.63, 3.8) is 0 Å². The third-order valence-corrected chi connectivity index (χ3v) is 5.28. The van der Waals surface area contributed by atoms with Gasteiger partial charge < -0.3 is 10.6 Å². The van der Waals surface area contributed by atoms with Crippen molar-refractivity contribution >= 4 is 15.7 Å². The minimum atomic E-state index is -3.43. The zero-order valence-electron chi connectivity index (χ0n) is 12.6. The smallest absolute Gasteiger partial charge is 0.242 e. The molecule has 0 bridgehead atoms. The van der Waals surface area contributed by atoms with Gasteiger partial charge >= 0.3 is 0 Å². The second kappa shape index (κ2) is 7.77. The lowest BCUT2D eigenvalue weighted by molar-refractivity contribution is 0.389. The highest BCUT2D eigenvalue weighted by Gasteiger charge is 2.18. The fourth-order valence-corrected chi connectivity index (χ4v) is 3.82. The first-order valence-electron chi connectivity index (χ1n) is 7.66. The van der Waals surface area contributed by atoms with Gasteiger partial charge in [0.05, 0.1) is 5.69 Å². The van der Waals surface area contributed by atoms with E-state index in [1.54, 1.807) is 12.1 Å². The first-order valence-corrected chi connectivity index (χ1v) is 9.15. The predicted molar refractivity (Wildman–Crippen MR) is 86.0 cm³/mol. The van der Waals surface area contributed by atoms with E-state index in [2.05, 4.69) is 15.4 Å². The summed E-state index contributed by atoms with van der Waals surface area (Å²) in [7, 11) is -3.43. The number of nitrogens with one attached hydrogen (secondary N) is 3. The van der Waals surface area contributed by atoms with Gasteiger partial charge in [0.2, 0.25) is 10.0 Å². The minimum Gasteiger partial charge on any atom is -0.384 e. The highest BCUT2D eigenvalue weighted by Crippen LogP contribution is 2.22. The normalized spacial score (nSPS) is 16.8. The van der Waals surface area contributed by atoms with E-state index in [-0.39, 0.29) is 0 Å². The van der Waals surface area contributed by atoms with E-state index in [0.717, 1.165) is 38.9 Å². The molecule has 2 rings (SSSR count). The molecular formula is C15H25N3O2S. The lowest BCUT2D eigenvalue weighted by Gasteiger charge is -2.23. The van der Waals surface area contributed by atoms with Crippen LogP contribution >= 0.6 is 0 Å². The average Bonchev–Trinajstić information content (AvgIpc) is 2.52. The van der Waals surface area contributed by atoms with Crippen molar-refractivity contribution in [2.45, 2.75) is 31.1 Å². The lowest BCUT2D eigenvalue weighted by Crippen LogP contribution is -2.31. The summed E-state index contributed by atoms with van der Waals surface area (Å²) in [6.07, 6.45) is 3.05. The number of sulfonamides is 1. The number of hydrogen-bond donors (Lipinski definition) is 3. The maximum absolute atomic E-state index is 12.3. The van der Waals surface area contributed by atoms with Crippen LogP contribution in [-0.4, -0.2) is 34.6 Å². The van der Waals surface area contributed by atoms with Gasteiger partial charge in [-0.1, -0.05) is 19.1 Å². The monoisotopic (exact) mass is 311 g/mol. The zero-order valence-corrected chi connectivity index (χ0v) is 13.4. The Bertz CT molecular complexity index is 540. The number of benzene rings is 1. The molecule has 6 heteroatoms. The van der Waals surface area contributed by atoms with Crippen molar-refractivity contribution in [3.8, 4) is 0 Å². The van der Waals surface area contributed by atoms with E-state index in [4.69, 9.17) is 0 Å². The second-order valence-electron chi connectivity index (χ2n) is 5.47. The molecule has 0 aliphatic carbocycles. The number of hydrogen-bond acceptors (Lipinski definition) is 4. The molecule has 0 saturated carbocycles. The Kier molecular flexibility index (Phi) is 6.02. The molecule has 1 fully saturated rings. The van der Waals surface area contributed by atoms with Gasteiger partial charge in [-0.05, 0) is 50.4 Å². The third kappa shape index (κ3) is 4.69. The number of rotatable bonds is 7. The first kappa shape index (κ1) is 16.3. The molecule has 0 aromatic heterocycles. The van der Waals surface area contributed by atoms with Crippen LogP contribution in [0.1, 0.15) is 26.2 Å². The highest BCUT2D eigenvalue weighted by molar-refractivity contribution is 7.89. The van der Waals surface area contributed by atoms with Crippen molar-refractivity contribution in [2.75, 3.05) is 31.5 Å². The molecular weight excluding hydrogens is 286 g/mol. The van der Waals surface area contributed by atoms with E-state index >= 15 is 0 Å². The Morgan fingerprint density at radius 1 is 1.24 bits per heavy atom. The molecule has 118 valence electrons. The largest absolute Gasteiger partial charge is 0.384 e. The number of anilines is 1. The van der Waals surface area contributed by atoms with Crippen LogP contribution < -0.4 is 15.4 Å².